The number of hydrogen-bond acceptors (Lipinski definition) is 1. The zero-order valence-electron chi connectivity index (χ0n) is 7.51. The Kier molecular flexibility index (Phi) is 2.20. The molecule has 1 aliphatic carbocycles. The Morgan fingerprint density at radius 3 is 2.92 bits per heavy atom. The smallest absolute Gasteiger partial charge is 0.0937 e. The molecule has 0 aromatic rings. The van der Waals surface area contributed by atoms with E-state index in [1.807, 2.05) is 0 Å². The van der Waals surface area contributed by atoms with Crippen molar-refractivity contribution in [3.05, 3.63) is 17.4 Å². The van der Waals surface area contributed by atoms with Crippen molar-refractivity contribution in [3.63, 3.8) is 0 Å². The summed E-state index contributed by atoms with van der Waals surface area (Å²) in [5.41, 5.74) is 1.35. The highest BCUT2D eigenvalue weighted by Crippen LogP contribution is 2.31. The van der Waals surface area contributed by atoms with Crippen LogP contribution in [0.2, 0.25) is 0 Å². The van der Waals surface area contributed by atoms with Crippen molar-refractivity contribution in [2.24, 2.45) is 5.92 Å². The van der Waals surface area contributed by atoms with Crippen molar-refractivity contribution in [2.45, 2.75) is 38.1 Å². The van der Waals surface area contributed by atoms with E-state index in [-0.39, 0.29) is 0 Å². The largest absolute Gasteiger partial charge is 0.634 e. The Morgan fingerprint density at radius 2 is 2.17 bits per heavy atom. The quantitative estimate of drug-likeness (QED) is 0.421. The Labute approximate surface area is 73.8 Å². The van der Waals surface area contributed by atoms with Gasteiger partial charge in [0, 0.05) is 12.3 Å². The molecule has 2 aliphatic rings. The summed E-state index contributed by atoms with van der Waals surface area (Å²) in [7, 11) is 0. The molecule has 12 heavy (non-hydrogen) atoms. The minimum atomic E-state index is 0.361. The molecule has 2 rings (SSSR count). The second-order valence-electron chi connectivity index (χ2n) is 4.12. The van der Waals surface area contributed by atoms with E-state index in [0.29, 0.717) is 17.0 Å². The summed E-state index contributed by atoms with van der Waals surface area (Å²) in [6, 6.07) is 0.361. The van der Waals surface area contributed by atoms with Crippen molar-refractivity contribution >= 4 is 0 Å². The summed E-state index contributed by atoms with van der Waals surface area (Å²) in [5, 5.41) is 12.0. The van der Waals surface area contributed by atoms with Crippen LogP contribution in [0, 0.1) is 11.1 Å². The Bertz CT molecular complexity index is 190. The molecule has 0 radical (unpaired) electrons. The fraction of sp³-hybridized carbons (Fsp3) is 0.800. The third-order valence-corrected chi connectivity index (χ3v) is 3.37. The highest BCUT2D eigenvalue weighted by molar-refractivity contribution is 5.07. The van der Waals surface area contributed by atoms with E-state index in [2.05, 4.69) is 6.58 Å². The Balaban J connectivity index is 2.10. The van der Waals surface area contributed by atoms with Crippen LogP contribution >= 0.6 is 0 Å². The summed E-state index contributed by atoms with van der Waals surface area (Å²) in [6.45, 7) is 4.91. The molecule has 0 bridgehead atoms. The lowest BCUT2D eigenvalue weighted by Crippen LogP contribution is -3.13. The molecule has 0 aromatic heterocycles. The van der Waals surface area contributed by atoms with Crippen LogP contribution in [0.1, 0.15) is 32.1 Å². The number of rotatable bonds is 0. The average Bonchev–Trinajstić information content (AvgIpc) is 2.07. The molecule has 0 spiro atoms. The van der Waals surface area contributed by atoms with E-state index in [1.165, 1.54) is 18.4 Å². The number of hydroxylamine groups is 2. The molecule has 2 fully saturated rings. The lowest BCUT2D eigenvalue weighted by molar-refractivity contribution is -0.886. The van der Waals surface area contributed by atoms with Gasteiger partial charge in [-0.2, -0.15) is 0 Å². The molecule has 1 aliphatic heterocycles. The predicted octanol–water partition coefficient (Wildman–Crippen LogP) is 0.888. The van der Waals surface area contributed by atoms with Crippen molar-refractivity contribution in [1.29, 1.82) is 0 Å². The van der Waals surface area contributed by atoms with Gasteiger partial charge in [-0.15, -0.1) is 0 Å². The molecule has 2 heteroatoms. The maximum atomic E-state index is 11.5. The van der Waals surface area contributed by atoms with Gasteiger partial charge < -0.3 is 10.3 Å². The topological polar surface area (TPSA) is 27.5 Å². The molecule has 0 aromatic carbocycles. The third-order valence-electron chi connectivity index (χ3n) is 3.37. The zero-order valence-corrected chi connectivity index (χ0v) is 7.51. The lowest BCUT2D eigenvalue weighted by atomic mass is 9.76. The van der Waals surface area contributed by atoms with E-state index in [9.17, 15) is 5.21 Å². The van der Waals surface area contributed by atoms with Gasteiger partial charge in [0.05, 0.1) is 12.6 Å². The fourth-order valence-electron chi connectivity index (χ4n) is 2.69. The number of quaternary nitrogens is 1. The third kappa shape index (κ3) is 1.29. The summed E-state index contributed by atoms with van der Waals surface area (Å²) in [4.78, 5) is 0. The Morgan fingerprint density at radius 1 is 1.33 bits per heavy atom. The van der Waals surface area contributed by atoms with Gasteiger partial charge in [0.15, 0.2) is 0 Å². The zero-order chi connectivity index (χ0) is 8.55. The molecule has 68 valence electrons. The van der Waals surface area contributed by atoms with Gasteiger partial charge in [0.25, 0.3) is 0 Å². The lowest BCUT2D eigenvalue weighted by Gasteiger charge is -2.44. The fourth-order valence-corrected chi connectivity index (χ4v) is 2.69. The normalized spacial score (nSPS) is 42.4. The summed E-state index contributed by atoms with van der Waals surface area (Å²) >= 11 is 0. The molecule has 1 saturated heterocycles. The monoisotopic (exact) mass is 167 g/mol. The Hall–Kier alpha value is -0.340. The SMILES string of the molecule is C=C1CCCC2C1CCC[NH+]2[O-]. The van der Waals surface area contributed by atoms with Gasteiger partial charge in [-0.1, -0.05) is 12.2 Å². The highest BCUT2D eigenvalue weighted by Gasteiger charge is 2.34. The van der Waals surface area contributed by atoms with Crippen LogP contribution in [0.3, 0.4) is 0 Å². The van der Waals surface area contributed by atoms with E-state index >= 15 is 0 Å². The van der Waals surface area contributed by atoms with E-state index in [1.54, 1.807) is 0 Å². The van der Waals surface area contributed by atoms with Crippen LogP contribution in [0.4, 0.5) is 0 Å². The first-order chi connectivity index (χ1) is 5.79. The van der Waals surface area contributed by atoms with Crippen LogP contribution in [-0.4, -0.2) is 12.6 Å². The molecule has 2 nitrogen and oxygen atoms in total. The summed E-state index contributed by atoms with van der Waals surface area (Å²) in [6.07, 6.45) is 5.79. The molecule has 0 amide bonds. The molecule has 1 N–H and O–H groups in total. The van der Waals surface area contributed by atoms with Gasteiger partial charge in [-0.05, 0) is 25.7 Å². The van der Waals surface area contributed by atoms with Gasteiger partial charge >= 0.3 is 0 Å². The first-order valence-corrected chi connectivity index (χ1v) is 4.99. The first kappa shape index (κ1) is 8.27. The second-order valence-corrected chi connectivity index (χ2v) is 4.12. The molecule has 1 saturated carbocycles. The maximum absolute atomic E-state index is 11.5. The predicted molar refractivity (Wildman–Crippen MR) is 48.7 cm³/mol. The van der Waals surface area contributed by atoms with E-state index < -0.39 is 0 Å². The summed E-state index contributed by atoms with van der Waals surface area (Å²) in [5.74, 6) is 0.556. The average molecular weight is 167 g/mol. The van der Waals surface area contributed by atoms with Crippen molar-refractivity contribution < 1.29 is 5.06 Å². The number of piperidine rings is 1. The standard InChI is InChI=1S/C10H17NO/c1-8-4-2-6-10-9(8)5-3-7-11(10)12/h9-11H,1-7H2. The van der Waals surface area contributed by atoms with Crippen molar-refractivity contribution in [2.75, 3.05) is 6.54 Å². The van der Waals surface area contributed by atoms with Crippen LogP contribution < -0.4 is 5.06 Å². The van der Waals surface area contributed by atoms with Crippen LogP contribution in [0.5, 0.6) is 0 Å². The number of nitrogens with one attached hydrogen (secondary N) is 1. The molecule has 3 atom stereocenters. The van der Waals surface area contributed by atoms with Crippen LogP contribution in [0.15, 0.2) is 12.2 Å². The molecular formula is C10H17NO. The van der Waals surface area contributed by atoms with Crippen LogP contribution in [0.25, 0.3) is 0 Å². The molecule has 1 heterocycles. The van der Waals surface area contributed by atoms with E-state index in [4.69, 9.17) is 0 Å². The molecule has 3 unspecified atom stereocenters. The van der Waals surface area contributed by atoms with Crippen molar-refractivity contribution in [1.82, 2.24) is 0 Å². The first-order valence-electron chi connectivity index (χ1n) is 4.99. The van der Waals surface area contributed by atoms with Gasteiger partial charge in [-0.3, -0.25) is 0 Å². The van der Waals surface area contributed by atoms with Gasteiger partial charge in [-0.25, -0.2) is 0 Å². The van der Waals surface area contributed by atoms with Crippen LogP contribution in [-0.2, 0) is 0 Å². The highest BCUT2D eigenvalue weighted by atomic mass is 16.5. The maximum Gasteiger partial charge on any atom is 0.0937 e. The van der Waals surface area contributed by atoms with Gasteiger partial charge in [0.1, 0.15) is 0 Å². The minimum Gasteiger partial charge on any atom is -0.634 e. The number of hydrogen-bond donors (Lipinski definition) is 1. The van der Waals surface area contributed by atoms with Crippen molar-refractivity contribution in [3.8, 4) is 0 Å². The second kappa shape index (κ2) is 3.19. The molecular weight excluding hydrogens is 150 g/mol. The van der Waals surface area contributed by atoms with Gasteiger partial charge in [0.2, 0.25) is 0 Å². The summed E-state index contributed by atoms with van der Waals surface area (Å²) < 4.78 is 0. The minimum absolute atomic E-state index is 0.361. The number of fused-ring (bicyclic) bond motifs is 1. The van der Waals surface area contributed by atoms with E-state index in [0.717, 1.165) is 25.8 Å².